The molecule has 3 heterocycles. The van der Waals surface area contributed by atoms with E-state index in [2.05, 4.69) is 20.0 Å². The third-order valence-corrected chi connectivity index (χ3v) is 9.98. The van der Waals surface area contributed by atoms with Gasteiger partial charge in [0.25, 0.3) is 0 Å². The number of likely N-dealkylation sites (tertiary alicyclic amines) is 1. The summed E-state index contributed by atoms with van der Waals surface area (Å²) >= 11 is 0. The zero-order valence-electron chi connectivity index (χ0n) is 27.8. The minimum Gasteiger partial charge on any atom is -0.445 e. The lowest BCUT2D eigenvalue weighted by Crippen LogP contribution is -2.50. The predicted octanol–water partition coefficient (Wildman–Crippen LogP) is 7.55. The number of carbonyl (C=O) groups excluding carboxylic acids is 1. The molecule has 1 amide bonds. The minimum atomic E-state index is -3.49. The molecule has 2 N–H and O–H groups in total. The van der Waals surface area contributed by atoms with Gasteiger partial charge in [0.05, 0.1) is 22.7 Å². The van der Waals surface area contributed by atoms with Crippen LogP contribution in [0.25, 0.3) is 22.0 Å². The van der Waals surface area contributed by atoms with Crippen molar-refractivity contribution in [2.24, 2.45) is 0 Å². The zero-order valence-corrected chi connectivity index (χ0v) is 28.6. The van der Waals surface area contributed by atoms with Gasteiger partial charge in [-0.15, -0.1) is 0 Å². The number of aryl methyl sites for hydroxylation is 1. The number of anilines is 2. The summed E-state index contributed by atoms with van der Waals surface area (Å²) in [5.41, 5.74) is 3.56. The Morgan fingerprint density at radius 2 is 1.78 bits per heavy atom. The minimum absolute atomic E-state index is 0.0328. The second-order valence-corrected chi connectivity index (χ2v) is 14.1. The largest absolute Gasteiger partial charge is 0.445 e. The van der Waals surface area contributed by atoms with Crippen LogP contribution in [0.5, 0.6) is 11.6 Å². The van der Waals surface area contributed by atoms with E-state index in [1.54, 1.807) is 35.5 Å². The Hall–Kier alpha value is -5.23. The molecule has 1 aliphatic rings. The lowest BCUT2D eigenvalue weighted by Gasteiger charge is -2.37. The molecule has 3 aromatic carbocycles. The summed E-state index contributed by atoms with van der Waals surface area (Å²) in [6, 6.07) is 24.3. The first kappa shape index (κ1) is 33.7. The summed E-state index contributed by atoms with van der Waals surface area (Å²) in [5.74, 6) is 1.37. The van der Waals surface area contributed by atoms with Gasteiger partial charge < -0.3 is 19.7 Å². The number of hydrogen-bond acceptors (Lipinski definition) is 9. The molecule has 49 heavy (non-hydrogen) atoms. The first-order chi connectivity index (χ1) is 23.7. The Morgan fingerprint density at radius 3 is 2.59 bits per heavy atom. The maximum absolute atomic E-state index is 13.0. The number of pyridine rings is 1. The van der Waals surface area contributed by atoms with Crippen molar-refractivity contribution in [3.63, 3.8) is 0 Å². The van der Waals surface area contributed by atoms with Gasteiger partial charge in [0, 0.05) is 41.8 Å². The number of aromatic nitrogens is 3. The number of amides is 1. The Balaban J connectivity index is 1.20. The van der Waals surface area contributed by atoms with Crippen molar-refractivity contribution < 1.29 is 22.7 Å². The maximum Gasteiger partial charge on any atom is 0.410 e. The third-order valence-electron chi connectivity index (χ3n) is 8.50. The molecule has 5 aromatic rings. The highest BCUT2D eigenvalue weighted by molar-refractivity contribution is 7.92. The molecule has 0 spiro atoms. The molecule has 0 bridgehead atoms. The first-order valence-electron chi connectivity index (χ1n) is 16.4. The number of piperidine rings is 1. The lowest BCUT2D eigenvalue weighted by atomic mass is 10.00. The number of rotatable bonds is 11. The van der Waals surface area contributed by atoms with Crippen molar-refractivity contribution in [1.82, 2.24) is 19.9 Å². The molecule has 0 aliphatic carbocycles. The van der Waals surface area contributed by atoms with E-state index in [9.17, 15) is 13.2 Å². The van der Waals surface area contributed by atoms with Crippen LogP contribution in [0, 0.1) is 6.92 Å². The summed E-state index contributed by atoms with van der Waals surface area (Å²) in [7, 11) is -3.49. The summed E-state index contributed by atoms with van der Waals surface area (Å²) in [6.45, 7) is 6.48. The molecule has 6 rings (SSSR count). The molecule has 0 radical (unpaired) electrons. The quantitative estimate of drug-likeness (QED) is 0.145. The van der Waals surface area contributed by atoms with E-state index < -0.39 is 10.0 Å². The molecule has 1 saturated heterocycles. The molecule has 1 aliphatic heterocycles. The molecule has 2 unspecified atom stereocenters. The molecular weight excluding hydrogens is 641 g/mol. The van der Waals surface area contributed by atoms with Crippen LogP contribution in [0.3, 0.4) is 0 Å². The Morgan fingerprint density at radius 1 is 0.939 bits per heavy atom. The number of carbonyl (C=O) groups is 1. The number of nitrogens with zero attached hydrogens (tertiary/aromatic N) is 4. The first-order valence-corrected chi connectivity index (χ1v) is 18.1. The Bertz CT molecular complexity index is 2040. The van der Waals surface area contributed by atoms with E-state index in [1.165, 1.54) is 0 Å². The topological polar surface area (TPSA) is 136 Å². The van der Waals surface area contributed by atoms with Crippen molar-refractivity contribution in [2.45, 2.75) is 58.7 Å². The molecule has 2 atom stereocenters. The van der Waals surface area contributed by atoms with Crippen molar-refractivity contribution in [1.29, 1.82) is 0 Å². The average Bonchev–Trinajstić information content (AvgIpc) is 3.10. The number of fused-ring (bicyclic) bond motifs is 1. The van der Waals surface area contributed by atoms with E-state index >= 15 is 0 Å². The van der Waals surface area contributed by atoms with Crippen molar-refractivity contribution in [3.05, 3.63) is 102 Å². The second-order valence-electron chi connectivity index (χ2n) is 12.2. The van der Waals surface area contributed by atoms with Crippen molar-refractivity contribution in [2.75, 3.05) is 22.3 Å². The summed E-state index contributed by atoms with van der Waals surface area (Å²) in [6.07, 6.45) is 5.15. The van der Waals surface area contributed by atoms with Crippen LogP contribution in [0.1, 0.15) is 44.2 Å². The highest BCUT2D eigenvalue weighted by Crippen LogP contribution is 2.39. The van der Waals surface area contributed by atoms with Crippen LogP contribution in [0.4, 0.5) is 16.4 Å². The van der Waals surface area contributed by atoms with Gasteiger partial charge in [0.2, 0.25) is 21.9 Å². The van der Waals surface area contributed by atoms with E-state index in [1.807, 2.05) is 81.4 Å². The fourth-order valence-corrected chi connectivity index (χ4v) is 7.11. The lowest BCUT2D eigenvalue weighted by molar-refractivity contribution is 0.0695. The van der Waals surface area contributed by atoms with E-state index in [4.69, 9.17) is 14.5 Å². The number of hydrogen-bond donors (Lipinski definition) is 2. The van der Waals surface area contributed by atoms with E-state index in [0.29, 0.717) is 52.9 Å². The fraction of sp³-hybridized carbons (Fsp3) is 0.297. The van der Waals surface area contributed by atoms with Crippen LogP contribution in [-0.4, -0.2) is 58.7 Å². The van der Waals surface area contributed by atoms with Crippen molar-refractivity contribution in [3.8, 4) is 22.9 Å². The van der Waals surface area contributed by atoms with Gasteiger partial charge in [0.1, 0.15) is 12.4 Å². The smallest absolute Gasteiger partial charge is 0.410 e. The van der Waals surface area contributed by atoms with Crippen LogP contribution < -0.4 is 14.8 Å². The van der Waals surface area contributed by atoms with Gasteiger partial charge in [0.15, 0.2) is 0 Å². The molecule has 2 aromatic heterocycles. The van der Waals surface area contributed by atoms with Gasteiger partial charge in [-0.25, -0.2) is 28.2 Å². The van der Waals surface area contributed by atoms with E-state index in [0.717, 1.165) is 29.4 Å². The maximum atomic E-state index is 13.0. The van der Waals surface area contributed by atoms with Gasteiger partial charge in [-0.3, -0.25) is 4.72 Å². The van der Waals surface area contributed by atoms with E-state index in [-0.39, 0.29) is 30.5 Å². The molecule has 0 saturated carbocycles. The van der Waals surface area contributed by atoms with Gasteiger partial charge in [-0.1, -0.05) is 61.5 Å². The van der Waals surface area contributed by atoms with Gasteiger partial charge in [-0.05, 0) is 68.5 Å². The van der Waals surface area contributed by atoms with Crippen LogP contribution in [0.2, 0.25) is 0 Å². The van der Waals surface area contributed by atoms with Crippen LogP contribution in [0.15, 0.2) is 91.3 Å². The molecule has 254 valence electrons. The van der Waals surface area contributed by atoms with Gasteiger partial charge >= 0.3 is 6.09 Å². The standard InChI is InChI=1S/C37H40N6O5S/c1-4-22-49(45,46)42-33-14-8-12-30-29(33)18-15-25(2)34(30)48-35-31(13-9-20-38-35)32-19-21-39-36(41-32)40-28-17-16-26(3)43(23-28)37(44)47-24-27-10-6-5-7-11-27/h5-15,18-21,26,28,42H,4,16-17,22-24H2,1-3H3,(H,39,40,41). The summed E-state index contributed by atoms with van der Waals surface area (Å²) in [5, 5.41) is 4.88. The summed E-state index contributed by atoms with van der Waals surface area (Å²) < 4.78 is 40.0. The van der Waals surface area contributed by atoms with Crippen LogP contribution in [-0.2, 0) is 21.4 Å². The van der Waals surface area contributed by atoms with Gasteiger partial charge in [-0.2, -0.15) is 0 Å². The number of benzene rings is 3. The average molecular weight is 681 g/mol. The third kappa shape index (κ3) is 8.09. The Kier molecular flexibility index (Phi) is 10.2. The molecular formula is C37H40N6O5S. The zero-order chi connectivity index (χ0) is 34.4. The molecule has 12 heteroatoms. The number of ether oxygens (including phenoxy) is 2. The van der Waals surface area contributed by atoms with Crippen molar-refractivity contribution >= 4 is 38.5 Å². The number of nitrogens with one attached hydrogen (secondary N) is 2. The summed E-state index contributed by atoms with van der Waals surface area (Å²) in [4.78, 5) is 28.6. The fourth-order valence-electron chi connectivity index (χ4n) is 5.96. The van der Waals surface area contributed by atoms with Crippen LogP contribution >= 0.6 is 0 Å². The highest BCUT2D eigenvalue weighted by Gasteiger charge is 2.30. The predicted molar refractivity (Wildman–Crippen MR) is 191 cm³/mol. The molecule has 11 nitrogen and oxygen atoms in total. The SMILES string of the molecule is CCCS(=O)(=O)Nc1cccc2c(Oc3ncccc3-c3ccnc(NC4CCC(C)N(C(=O)OCc5ccccc5)C4)n3)c(C)ccc12. The normalized spacial score (nSPS) is 16.3. The Labute approximate surface area is 286 Å². The molecule has 1 fully saturated rings. The second kappa shape index (κ2) is 14.9. The highest BCUT2D eigenvalue weighted by atomic mass is 32.2. The monoisotopic (exact) mass is 680 g/mol. The number of sulfonamides is 1.